The Balaban J connectivity index is 3.06. The van der Waals surface area contributed by atoms with Crippen molar-refractivity contribution in [2.24, 2.45) is 0 Å². The SMILES string of the molecule is CCNc1cc(Br)ccc1C#N. The molecule has 1 aromatic rings. The number of hydrogen-bond donors (Lipinski definition) is 1. The molecule has 0 bridgehead atoms. The Morgan fingerprint density at radius 3 is 2.92 bits per heavy atom. The lowest BCUT2D eigenvalue weighted by molar-refractivity contribution is 1.21. The summed E-state index contributed by atoms with van der Waals surface area (Å²) in [7, 11) is 0. The first-order chi connectivity index (χ1) is 5.77. The van der Waals surface area contributed by atoms with Gasteiger partial charge in [-0.1, -0.05) is 15.9 Å². The topological polar surface area (TPSA) is 35.8 Å². The summed E-state index contributed by atoms with van der Waals surface area (Å²) in [6, 6.07) is 7.68. The molecule has 1 aromatic carbocycles. The second-order valence-electron chi connectivity index (χ2n) is 2.33. The van der Waals surface area contributed by atoms with Gasteiger partial charge in [-0.05, 0) is 25.1 Å². The van der Waals surface area contributed by atoms with Gasteiger partial charge in [-0.2, -0.15) is 5.26 Å². The average molecular weight is 225 g/mol. The Bertz CT molecular complexity index is 315. The van der Waals surface area contributed by atoms with Gasteiger partial charge in [0.1, 0.15) is 6.07 Å². The van der Waals surface area contributed by atoms with Gasteiger partial charge in [-0.25, -0.2) is 0 Å². The molecule has 62 valence electrons. The van der Waals surface area contributed by atoms with E-state index in [-0.39, 0.29) is 0 Å². The van der Waals surface area contributed by atoms with Crippen LogP contribution in [0.4, 0.5) is 5.69 Å². The van der Waals surface area contributed by atoms with Gasteiger partial charge in [0.05, 0.1) is 11.3 Å². The van der Waals surface area contributed by atoms with Crippen molar-refractivity contribution in [1.82, 2.24) is 0 Å². The fraction of sp³-hybridized carbons (Fsp3) is 0.222. The number of nitriles is 1. The number of rotatable bonds is 2. The highest BCUT2D eigenvalue weighted by Gasteiger charge is 1.99. The van der Waals surface area contributed by atoms with E-state index in [0.29, 0.717) is 5.56 Å². The first-order valence-electron chi connectivity index (χ1n) is 3.71. The zero-order chi connectivity index (χ0) is 8.97. The summed E-state index contributed by atoms with van der Waals surface area (Å²) in [6.07, 6.45) is 0. The van der Waals surface area contributed by atoms with Crippen molar-refractivity contribution in [2.75, 3.05) is 11.9 Å². The van der Waals surface area contributed by atoms with Crippen LogP contribution in [0.1, 0.15) is 12.5 Å². The van der Waals surface area contributed by atoms with E-state index < -0.39 is 0 Å². The van der Waals surface area contributed by atoms with Gasteiger partial charge >= 0.3 is 0 Å². The third kappa shape index (κ3) is 1.99. The third-order valence-corrected chi connectivity index (χ3v) is 1.96. The molecule has 0 saturated heterocycles. The van der Waals surface area contributed by atoms with Gasteiger partial charge in [-0.15, -0.1) is 0 Å². The molecule has 0 amide bonds. The average Bonchev–Trinajstić information content (AvgIpc) is 2.05. The van der Waals surface area contributed by atoms with Crippen molar-refractivity contribution in [2.45, 2.75) is 6.92 Å². The summed E-state index contributed by atoms with van der Waals surface area (Å²) in [6.45, 7) is 2.83. The summed E-state index contributed by atoms with van der Waals surface area (Å²) in [5.74, 6) is 0. The van der Waals surface area contributed by atoms with E-state index in [1.807, 2.05) is 19.1 Å². The molecule has 0 aromatic heterocycles. The number of nitrogens with one attached hydrogen (secondary N) is 1. The Labute approximate surface area is 80.3 Å². The number of anilines is 1. The van der Waals surface area contributed by atoms with Gasteiger partial charge in [0.2, 0.25) is 0 Å². The van der Waals surface area contributed by atoms with Crippen LogP contribution in [-0.2, 0) is 0 Å². The summed E-state index contributed by atoms with van der Waals surface area (Å²) in [4.78, 5) is 0. The molecule has 0 radical (unpaired) electrons. The summed E-state index contributed by atoms with van der Waals surface area (Å²) >= 11 is 3.35. The molecule has 0 spiro atoms. The van der Waals surface area contributed by atoms with Gasteiger partial charge in [0, 0.05) is 11.0 Å². The maximum Gasteiger partial charge on any atom is 0.101 e. The minimum Gasteiger partial charge on any atom is -0.384 e. The molecular weight excluding hydrogens is 216 g/mol. The molecule has 0 aliphatic carbocycles. The van der Waals surface area contributed by atoms with Crippen LogP contribution in [0.25, 0.3) is 0 Å². The Kier molecular flexibility index (Phi) is 3.12. The predicted octanol–water partition coefficient (Wildman–Crippen LogP) is 2.75. The number of hydrogen-bond acceptors (Lipinski definition) is 2. The lowest BCUT2D eigenvalue weighted by Gasteiger charge is -2.04. The van der Waals surface area contributed by atoms with Crippen LogP contribution in [0, 0.1) is 11.3 Å². The molecule has 12 heavy (non-hydrogen) atoms. The highest BCUT2D eigenvalue weighted by molar-refractivity contribution is 9.10. The van der Waals surface area contributed by atoms with E-state index in [2.05, 4.69) is 27.3 Å². The van der Waals surface area contributed by atoms with Crippen molar-refractivity contribution >= 4 is 21.6 Å². The first kappa shape index (κ1) is 9.08. The van der Waals surface area contributed by atoms with E-state index >= 15 is 0 Å². The number of nitrogens with zero attached hydrogens (tertiary/aromatic N) is 1. The van der Waals surface area contributed by atoms with Crippen molar-refractivity contribution in [3.05, 3.63) is 28.2 Å². The van der Waals surface area contributed by atoms with E-state index in [4.69, 9.17) is 5.26 Å². The molecule has 0 heterocycles. The van der Waals surface area contributed by atoms with Gasteiger partial charge in [0.15, 0.2) is 0 Å². The Morgan fingerprint density at radius 1 is 1.58 bits per heavy atom. The van der Waals surface area contributed by atoms with Gasteiger partial charge in [-0.3, -0.25) is 0 Å². The van der Waals surface area contributed by atoms with E-state index in [1.54, 1.807) is 6.07 Å². The molecule has 0 fully saturated rings. The zero-order valence-electron chi connectivity index (χ0n) is 6.76. The van der Waals surface area contributed by atoms with Crippen LogP contribution >= 0.6 is 15.9 Å². The second kappa shape index (κ2) is 4.13. The highest BCUT2D eigenvalue weighted by Crippen LogP contribution is 2.20. The monoisotopic (exact) mass is 224 g/mol. The molecule has 2 nitrogen and oxygen atoms in total. The van der Waals surface area contributed by atoms with Crippen LogP contribution in [0.5, 0.6) is 0 Å². The quantitative estimate of drug-likeness (QED) is 0.839. The first-order valence-corrected chi connectivity index (χ1v) is 4.50. The van der Waals surface area contributed by atoms with Crippen LogP contribution in [0.15, 0.2) is 22.7 Å². The number of benzene rings is 1. The van der Waals surface area contributed by atoms with Gasteiger partial charge < -0.3 is 5.32 Å². The Hall–Kier alpha value is -1.01. The molecule has 0 unspecified atom stereocenters. The minimum atomic E-state index is 0.681. The van der Waals surface area contributed by atoms with E-state index in [0.717, 1.165) is 16.7 Å². The molecule has 0 aliphatic rings. The van der Waals surface area contributed by atoms with Crippen molar-refractivity contribution in [3.63, 3.8) is 0 Å². The molecule has 0 atom stereocenters. The van der Waals surface area contributed by atoms with Gasteiger partial charge in [0.25, 0.3) is 0 Å². The fourth-order valence-corrected chi connectivity index (χ4v) is 1.31. The van der Waals surface area contributed by atoms with Crippen LogP contribution in [-0.4, -0.2) is 6.54 Å². The van der Waals surface area contributed by atoms with E-state index in [9.17, 15) is 0 Å². The van der Waals surface area contributed by atoms with Crippen LogP contribution in [0.3, 0.4) is 0 Å². The standard InChI is InChI=1S/C9H9BrN2/c1-2-12-9-5-8(10)4-3-7(9)6-11/h3-5,12H,2H2,1H3. The van der Waals surface area contributed by atoms with Crippen LogP contribution < -0.4 is 5.32 Å². The van der Waals surface area contributed by atoms with E-state index in [1.165, 1.54) is 0 Å². The largest absolute Gasteiger partial charge is 0.384 e. The lowest BCUT2D eigenvalue weighted by Crippen LogP contribution is -1.98. The summed E-state index contributed by atoms with van der Waals surface area (Å²) in [5, 5.41) is 11.8. The molecule has 1 N–H and O–H groups in total. The normalized spacial score (nSPS) is 9.08. The molecule has 0 saturated carbocycles. The molecule has 1 rings (SSSR count). The molecular formula is C9H9BrN2. The summed E-state index contributed by atoms with van der Waals surface area (Å²) in [5.41, 5.74) is 1.56. The third-order valence-electron chi connectivity index (χ3n) is 1.47. The van der Waals surface area contributed by atoms with Crippen LogP contribution in [0.2, 0.25) is 0 Å². The predicted molar refractivity (Wildman–Crippen MR) is 53.0 cm³/mol. The fourth-order valence-electron chi connectivity index (χ4n) is 0.951. The highest BCUT2D eigenvalue weighted by atomic mass is 79.9. The zero-order valence-corrected chi connectivity index (χ0v) is 8.35. The van der Waals surface area contributed by atoms with Crippen molar-refractivity contribution in [1.29, 1.82) is 5.26 Å². The van der Waals surface area contributed by atoms with Crippen molar-refractivity contribution in [3.8, 4) is 6.07 Å². The second-order valence-corrected chi connectivity index (χ2v) is 3.25. The summed E-state index contributed by atoms with van der Waals surface area (Å²) < 4.78 is 0.984. The molecule has 0 aliphatic heterocycles. The maximum atomic E-state index is 8.73. The minimum absolute atomic E-state index is 0.681. The Morgan fingerprint density at radius 2 is 2.33 bits per heavy atom. The number of halogens is 1. The maximum absolute atomic E-state index is 8.73. The molecule has 3 heteroatoms. The smallest absolute Gasteiger partial charge is 0.101 e. The van der Waals surface area contributed by atoms with Crippen molar-refractivity contribution < 1.29 is 0 Å². The lowest BCUT2D eigenvalue weighted by atomic mass is 10.2.